The van der Waals surface area contributed by atoms with E-state index in [0.717, 1.165) is 22.5 Å². The number of aliphatic hydroxyl groups excluding tert-OH is 1. The van der Waals surface area contributed by atoms with E-state index in [1.807, 2.05) is 6.07 Å². The monoisotopic (exact) mass is 504 g/mol. The van der Waals surface area contributed by atoms with Gasteiger partial charge in [0.1, 0.15) is 11.9 Å². The zero-order valence-corrected chi connectivity index (χ0v) is 20.5. The number of ether oxygens (including phenoxy) is 4. The summed E-state index contributed by atoms with van der Waals surface area (Å²) in [5.74, 6) is 1.61. The van der Waals surface area contributed by atoms with Crippen molar-refractivity contribution >= 4 is 24.4 Å². The Kier molecular flexibility index (Phi) is 8.69. The minimum atomic E-state index is -1.07. The highest BCUT2D eigenvalue weighted by Gasteiger charge is 2.29. The lowest BCUT2D eigenvalue weighted by molar-refractivity contribution is -0.230. The van der Waals surface area contributed by atoms with E-state index in [1.165, 1.54) is 0 Å². The molecule has 1 atom stereocenters. The van der Waals surface area contributed by atoms with E-state index >= 15 is 0 Å². The van der Waals surface area contributed by atoms with Gasteiger partial charge < -0.3 is 29.4 Å². The van der Waals surface area contributed by atoms with Crippen molar-refractivity contribution in [3.63, 3.8) is 0 Å². The molecule has 0 spiro atoms. The number of pyridine rings is 1. The molecule has 2 aliphatic heterocycles. The molecule has 0 radical (unpaired) electrons. The number of allylic oxidation sites excluding steroid dienone is 2. The highest BCUT2D eigenvalue weighted by atomic mass is 32.2. The number of nitrogens with one attached hydrogen (secondary N) is 1. The van der Waals surface area contributed by atoms with Crippen molar-refractivity contribution in [2.24, 2.45) is 0 Å². The number of methoxy groups -OCH3 is 1. The Balaban J connectivity index is 1.31. The maximum absolute atomic E-state index is 14.5. The van der Waals surface area contributed by atoms with Gasteiger partial charge in [0.25, 0.3) is 0 Å². The quantitative estimate of drug-likeness (QED) is 0.498. The number of hydrogen-bond donors (Lipinski definition) is 2. The average Bonchev–Trinajstić information content (AvgIpc) is 2.89. The molecule has 4 heterocycles. The number of fused-ring (bicyclic) bond motifs is 1. The van der Waals surface area contributed by atoms with Crippen LogP contribution in [0.4, 0.5) is 4.39 Å². The molecule has 0 aliphatic carbocycles. The summed E-state index contributed by atoms with van der Waals surface area (Å²) in [6.45, 7) is 7.53. The van der Waals surface area contributed by atoms with Crippen LogP contribution in [0.15, 0.2) is 29.0 Å². The Labute approximate surface area is 207 Å². The Morgan fingerprint density at radius 3 is 2.97 bits per heavy atom. The zero-order valence-electron chi connectivity index (χ0n) is 19.7. The van der Waals surface area contributed by atoms with E-state index in [2.05, 4.69) is 27.1 Å². The highest BCUT2D eigenvalue weighted by Crippen LogP contribution is 2.30. The smallest absolute Gasteiger partial charge is 0.247 e. The minimum absolute atomic E-state index is 0.0196. The van der Waals surface area contributed by atoms with Crippen molar-refractivity contribution in [3.8, 4) is 5.88 Å². The summed E-state index contributed by atoms with van der Waals surface area (Å²) in [5.41, 5.74) is 1.06. The number of nitrogens with zero attached hydrogens (tertiary/aromatic N) is 3. The number of halogens is 1. The largest absolute Gasteiger partial charge is 0.501 e. The second-order valence-electron chi connectivity index (χ2n) is 8.18. The first-order chi connectivity index (χ1) is 16.9. The van der Waals surface area contributed by atoms with Crippen molar-refractivity contribution in [3.05, 3.63) is 51.7 Å². The predicted molar refractivity (Wildman–Crippen MR) is 128 cm³/mol. The minimum Gasteiger partial charge on any atom is -0.501 e. The number of aliphatic hydroxyl groups is 1. The molecule has 0 saturated carbocycles. The van der Waals surface area contributed by atoms with Gasteiger partial charge in [-0.15, -0.1) is 16.9 Å². The van der Waals surface area contributed by atoms with Crippen LogP contribution in [0.1, 0.15) is 18.2 Å². The van der Waals surface area contributed by atoms with Crippen LogP contribution >= 0.6 is 11.8 Å². The van der Waals surface area contributed by atoms with E-state index in [1.54, 1.807) is 37.9 Å². The Hall–Kier alpha value is -2.57. The van der Waals surface area contributed by atoms with Gasteiger partial charge in [-0.1, -0.05) is 6.58 Å². The van der Waals surface area contributed by atoms with Gasteiger partial charge in [-0.25, -0.2) is 4.39 Å². The molecule has 2 aromatic heterocycles. The van der Waals surface area contributed by atoms with Crippen molar-refractivity contribution < 1.29 is 28.4 Å². The summed E-state index contributed by atoms with van der Waals surface area (Å²) in [4.78, 5) is 5.07. The number of hydrogen-bond acceptors (Lipinski definition) is 10. The molecule has 1 fully saturated rings. The van der Waals surface area contributed by atoms with Gasteiger partial charge in [-0.2, -0.15) is 5.10 Å². The molecule has 35 heavy (non-hydrogen) atoms. The van der Waals surface area contributed by atoms with Gasteiger partial charge in [0.2, 0.25) is 5.88 Å². The third-order valence-corrected chi connectivity index (χ3v) is 6.63. The third kappa shape index (κ3) is 6.56. The molecule has 4 rings (SSSR count). The first kappa shape index (κ1) is 25.5. The molecule has 0 amide bonds. The maximum Gasteiger partial charge on any atom is 0.247 e. The SMILES string of the molecule is C=c1c(C[C@H](O)C2OCC(NCc3cc4c(nn3)OCCS4)CO2)c(F)cn/c1=C/C=C(\C)OC. The van der Waals surface area contributed by atoms with Crippen molar-refractivity contribution in [2.45, 2.75) is 43.2 Å². The van der Waals surface area contributed by atoms with Crippen LogP contribution in [-0.2, 0) is 27.2 Å². The fourth-order valence-corrected chi connectivity index (χ4v) is 4.43. The second kappa shape index (κ2) is 11.9. The molecule has 0 bridgehead atoms. The molecule has 2 N–H and O–H groups in total. The summed E-state index contributed by atoms with van der Waals surface area (Å²) in [5, 5.41) is 23.2. The van der Waals surface area contributed by atoms with E-state index in [-0.39, 0.29) is 18.0 Å². The Morgan fingerprint density at radius 2 is 2.20 bits per heavy atom. The number of aromatic nitrogens is 3. The molecular formula is C24H29FN4O5S. The molecule has 9 nitrogen and oxygen atoms in total. The van der Waals surface area contributed by atoms with Crippen LogP contribution in [0, 0.1) is 5.82 Å². The lowest BCUT2D eigenvalue weighted by Crippen LogP contribution is -2.49. The van der Waals surface area contributed by atoms with E-state index in [4.69, 9.17) is 18.9 Å². The first-order valence-corrected chi connectivity index (χ1v) is 12.2. The van der Waals surface area contributed by atoms with Gasteiger partial charge in [0.05, 0.1) is 60.9 Å². The van der Waals surface area contributed by atoms with Gasteiger partial charge in [-0.05, 0) is 30.4 Å². The Bertz CT molecular complexity index is 1170. The molecule has 0 aromatic carbocycles. The molecule has 0 unspecified atom stereocenters. The van der Waals surface area contributed by atoms with Crippen LogP contribution in [-0.4, -0.2) is 71.4 Å². The lowest BCUT2D eigenvalue weighted by atomic mass is 10.1. The fraction of sp³-hybridized carbons (Fsp3) is 0.458. The van der Waals surface area contributed by atoms with Crippen molar-refractivity contribution in [1.82, 2.24) is 20.5 Å². The van der Waals surface area contributed by atoms with E-state index in [0.29, 0.717) is 48.6 Å². The maximum atomic E-state index is 14.5. The number of rotatable bonds is 8. The van der Waals surface area contributed by atoms with Gasteiger partial charge in [-0.3, -0.25) is 4.98 Å². The molecular weight excluding hydrogens is 475 g/mol. The topological polar surface area (TPSA) is 108 Å². The van der Waals surface area contributed by atoms with Crippen molar-refractivity contribution in [1.29, 1.82) is 0 Å². The van der Waals surface area contributed by atoms with E-state index < -0.39 is 18.2 Å². The summed E-state index contributed by atoms with van der Waals surface area (Å²) < 4.78 is 36.5. The fourth-order valence-electron chi connectivity index (χ4n) is 3.60. The molecule has 2 aliphatic rings. The standard InChI is InChI=1S/C24H29FN4O5S/c1-14(31-3)4-5-20-15(2)18(19(25)11-27-20)9-21(30)24-33-12-17(13-34-24)26-10-16-8-22-23(29-28-16)32-6-7-35-22/h4-5,8,11,17,21,24,26,30H,2,6-7,9-10,12-13H2,1,3H3/b14-4+,20-5+/t17?,21-,24?/m0/s1. The highest BCUT2D eigenvalue weighted by molar-refractivity contribution is 7.99. The van der Waals surface area contributed by atoms with Gasteiger partial charge >= 0.3 is 0 Å². The summed E-state index contributed by atoms with van der Waals surface area (Å²) in [6, 6.07) is 1.88. The van der Waals surface area contributed by atoms with Crippen molar-refractivity contribution in [2.75, 3.05) is 32.7 Å². The van der Waals surface area contributed by atoms with Gasteiger partial charge in [0, 0.05) is 24.3 Å². The molecule has 11 heteroatoms. The van der Waals surface area contributed by atoms with Crippen LogP contribution in [0.2, 0.25) is 0 Å². The van der Waals surface area contributed by atoms with Gasteiger partial charge in [0.15, 0.2) is 6.29 Å². The normalized spacial score (nSPS) is 21.8. The third-order valence-electron chi connectivity index (χ3n) is 5.66. The lowest BCUT2D eigenvalue weighted by Gasteiger charge is -2.32. The summed E-state index contributed by atoms with van der Waals surface area (Å²) in [6.07, 6.45) is 2.57. The second-order valence-corrected chi connectivity index (χ2v) is 9.32. The zero-order chi connectivity index (χ0) is 24.8. The first-order valence-electron chi connectivity index (χ1n) is 11.3. The van der Waals surface area contributed by atoms with E-state index in [9.17, 15) is 9.50 Å². The summed E-state index contributed by atoms with van der Waals surface area (Å²) >= 11 is 1.70. The van der Waals surface area contributed by atoms with Crippen LogP contribution in [0.5, 0.6) is 5.88 Å². The van der Waals surface area contributed by atoms with Crippen LogP contribution in [0.25, 0.3) is 12.7 Å². The Morgan fingerprint density at radius 1 is 1.40 bits per heavy atom. The predicted octanol–water partition coefficient (Wildman–Crippen LogP) is 0.671. The molecule has 188 valence electrons. The summed E-state index contributed by atoms with van der Waals surface area (Å²) in [7, 11) is 1.56. The molecule has 2 aromatic rings. The van der Waals surface area contributed by atoms with Crippen LogP contribution < -0.4 is 20.6 Å². The molecule has 1 saturated heterocycles. The average molecular weight is 505 g/mol. The van der Waals surface area contributed by atoms with Crippen LogP contribution in [0.3, 0.4) is 0 Å². The number of thioether (sulfide) groups is 1.